The molecule has 0 radical (unpaired) electrons. The van der Waals surface area contributed by atoms with Crippen molar-refractivity contribution in [2.45, 2.75) is 6.54 Å². The third-order valence-electron chi connectivity index (χ3n) is 4.92. The van der Waals surface area contributed by atoms with Crippen LogP contribution in [0.3, 0.4) is 0 Å². The summed E-state index contributed by atoms with van der Waals surface area (Å²) in [7, 11) is 0. The number of nitrogens with zero attached hydrogens (tertiary/aromatic N) is 3. The van der Waals surface area contributed by atoms with Gasteiger partial charge in [-0.1, -0.05) is 6.07 Å². The van der Waals surface area contributed by atoms with Gasteiger partial charge in [-0.25, -0.2) is 4.98 Å². The lowest BCUT2D eigenvalue weighted by molar-refractivity contribution is 0.0342. The van der Waals surface area contributed by atoms with Gasteiger partial charge in [0.1, 0.15) is 0 Å². The van der Waals surface area contributed by atoms with Crippen LogP contribution >= 0.6 is 0 Å². The number of aromatic nitrogens is 4. The van der Waals surface area contributed by atoms with Crippen LogP contribution in [0.25, 0.3) is 22.6 Å². The van der Waals surface area contributed by atoms with Gasteiger partial charge in [-0.2, -0.15) is 5.10 Å². The Bertz CT molecular complexity index is 1120. The first-order valence-electron chi connectivity index (χ1n) is 9.44. The summed E-state index contributed by atoms with van der Waals surface area (Å²) in [5.41, 5.74) is 4.04. The molecule has 0 saturated carbocycles. The normalized spacial score (nSPS) is 15.0. The topological polar surface area (TPSA) is 112 Å². The van der Waals surface area contributed by atoms with Gasteiger partial charge in [0.2, 0.25) is 0 Å². The Morgan fingerprint density at radius 2 is 2.14 bits per heavy atom. The molecule has 1 aliphatic heterocycles. The number of amides is 1. The van der Waals surface area contributed by atoms with Gasteiger partial charge in [0.05, 0.1) is 36.2 Å². The van der Waals surface area contributed by atoms with Gasteiger partial charge in [-0.15, -0.1) is 0 Å². The van der Waals surface area contributed by atoms with Crippen molar-refractivity contribution in [1.82, 2.24) is 25.1 Å². The van der Waals surface area contributed by atoms with Crippen molar-refractivity contribution in [1.29, 1.82) is 0 Å². The van der Waals surface area contributed by atoms with Crippen molar-refractivity contribution in [3.8, 4) is 11.5 Å². The molecule has 9 heteroatoms. The molecule has 9 nitrogen and oxygen atoms in total. The number of ether oxygens (including phenoxy) is 1. The number of nitrogens with one attached hydrogen (secondary N) is 3. The van der Waals surface area contributed by atoms with E-state index >= 15 is 0 Å². The van der Waals surface area contributed by atoms with E-state index in [1.54, 1.807) is 18.3 Å². The summed E-state index contributed by atoms with van der Waals surface area (Å²) in [4.78, 5) is 22.6. The number of morpholine rings is 1. The highest BCUT2D eigenvalue weighted by Crippen LogP contribution is 2.26. The van der Waals surface area contributed by atoms with Crippen molar-refractivity contribution in [2.75, 3.05) is 31.6 Å². The second-order valence-corrected chi connectivity index (χ2v) is 6.90. The SMILES string of the molecule is O=C(Nc1c[nH]nc1-c1nc2cc(CN3CCOCC3)ccc2[nH]1)c1ccco1. The van der Waals surface area contributed by atoms with Crippen LogP contribution in [-0.4, -0.2) is 57.3 Å². The molecule has 1 fully saturated rings. The summed E-state index contributed by atoms with van der Waals surface area (Å²) in [5.74, 6) is 0.468. The molecule has 1 aromatic carbocycles. The highest BCUT2D eigenvalue weighted by atomic mass is 16.5. The number of hydrogen-bond acceptors (Lipinski definition) is 6. The molecule has 1 amide bonds. The summed E-state index contributed by atoms with van der Waals surface area (Å²) in [6.07, 6.45) is 3.08. The van der Waals surface area contributed by atoms with E-state index in [4.69, 9.17) is 9.15 Å². The van der Waals surface area contributed by atoms with Crippen LogP contribution in [0, 0.1) is 0 Å². The highest BCUT2D eigenvalue weighted by molar-refractivity contribution is 6.04. The minimum atomic E-state index is -0.346. The number of carbonyl (C=O) groups is 1. The summed E-state index contributed by atoms with van der Waals surface area (Å²) in [6, 6.07) is 9.48. The zero-order valence-corrected chi connectivity index (χ0v) is 15.6. The Labute approximate surface area is 166 Å². The number of benzene rings is 1. The van der Waals surface area contributed by atoms with E-state index in [2.05, 4.69) is 42.5 Å². The molecule has 3 N–H and O–H groups in total. The van der Waals surface area contributed by atoms with Crippen molar-refractivity contribution in [3.63, 3.8) is 0 Å². The first kappa shape index (κ1) is 17.7. The summed E-state index contributed by atoms with van der Waals surface area (Å²) in [5, 5.41) is 9.83. The second-order valence-electron chi connectivity index (χ2n) is 6.90. The Morgan fingerprint density at radius 3 is 2.97 bits per heavy atom. The second kappa shape index (κ2) is 7.53. The molecule has 0 aliphatic carbocycles. The number of rotatable bonds is 5. The molecule has 148 valence electrons. The highest BCUT2D eigenvalue weighted by Gasteiger charge is 2.17. The van der Waals surface area contributed by atoms with Gasteiger partial charge in [0, 0.05) is 25.8 Å². The fourth-order valence-electron chi connectivity index (χ4n) is 3.44. The van der Waals surface area contributed by atoms with E-state index < -0.39 is 0 Å². The first-order chi connectivity index (χ1) is 14.3. The zero-order chi connectivity index (χ0) is 19.6. The first-order valence-corrected chi connectivity index (χ1v) is 9.44. The monoisotopic (exact) mass is 392 g/mol. The van der Waals surface area contributed by atoms with Crippen LogP contribution in [0.4, 0.5) is 5.69 Å². The van der Waals surface area contributed by atoms with E-state index in [9.17, 15) is 4.79 Å². The Kier molecular flexibility index (Phi) is 4.59. The third-order valence-corrected chi connectivity index (χ3v) is 4.92. The average Bonchev–Trinajstić information content (AvgIpc) is 3.48. The Balaban J connectivity index is 1.38. The average molecular weight is 392 g/mol. The molecule has 1 aliphatic rings. The number of H-pyrrole nitrogens is 2. The van der Waals surface area contributed by atoms with Crippen LogP contribution < -0.4 is 5.32 Å². The molecular weight excluding hydrogens is 372 g/mol. The molecule has 4 aromatic rings. The number of anilines is 1. The van der Waals surface area contributed by atoms with Gasteiger partial charge >= 0.3 is 0 Å². The Morgan fingerprint density at radius 1 is 1.24 bits per heavy atom. The smallest absolute Gasteiger partial charge is 0.291 e. The maximum absolute atomic E-state index is 12.3. The fraction of sp³-hybridized carbons (Fsp3) is 0.250. The van der Waals surface area contributed by atoms with E-state index in [-0.39, 0.29) is 11.7 Å². The molecule has 0 bridgehead atoms. The van der Waals surface area contributed by atoms with Crippen molar-refractivity contribution < 1.29 is 13.9 Å². The molecule has 0 atom stereocenters. The predicted octanol–water partition coefficient (Wildman–Crippen LogP) is 2.63. The minimum Gasteiger partial charge on any atom is -0.459 e. The van der Waals surface area contributed by atoms with Gasteiger partial charge in [0.15, 0.2) is 17.3 Å². The Hall–Kier alpha value is -3.43. The maximum Gasteiger partial charge on any atom is 0.291 e. The van der Waals surface area contributed by atoms with Gasteiger partial charge < -0.3 is 19.5 Å². The van der Waals surface area contributed by atoms with Crippen LogP contribution in [-0.2, 0) is 11.3 Å². The van der Waals surface area contributed by atoms with E-state index in [1.807, 2.05) is 6.07 Å². The summed E-state index contributed by atoms with van der Waals surface area (Å²) < 4.78 is 10.5. The molecule has 5 rings (SSSR count). The third kappa shape index (κ3) is 3.65. The van der Waals surface area contributed by atoms with E-state index in [1.165, 1.54) is 11.8 Å². The van der Waals surface area contributed by atoms with Crippen molar-refractivity contribution in [3.05, 3.63) is 54.1 Å². The number of aromatic amines is 2. The number of carbonyl (C=O) groups excluding carboxylic acids is 1. The van der Waals surface area contributed by atoms with Crippen LogP contribution in [0.5, 0.6) is 0 Å². The maximum atomic E-state index is 12.3. The van der Waals surface area contributed by atoms with Crippen molar-refractivity contribution >= 4 is 22.6 Å². The van der Waals surface area contributed by atoms with Crippen molar-refractivity contribution in [2.24, 2.45) is 0 Å². The molecular formula is C20H20N6O3. The number of hydrogen-bond donors (Lipinski definition) is 3. The minimum absolute atomic E-state index is 0.231. The lowest BCUT2D eigenvalue weighted by atomic mass is 10.2. The number of fused-ring (bicyclic) bond motifs is 1. The molecule has 1 saturated heterocycles. The molecule has 29 heavy (non-hydrogen) atoms. The number of furan rings is 1. The number of imidazole rings is 1. The van der Waals surface area contributed by atoms with Crippen LogP contribution in [0.15, 0.2) is 47.2 Å². The quantitative estimate of drug-likeness (QED) is 0.481. The molecule has 4 heterocycles. The lowest BCUT2D eigenvalue weighted by Gasteiger charge is -2.26. The van der Waals surface area contributed by atoms with Crippen LogP contribution in [0.2, 0.25) is 0 Å². The predicted molar refractivity (Wildman–Crippen MR) is 106 cm³/mol. The lowest BCUT2D eigenvalue weighted by Crippen LogP contribution is -2.35. The largest absolute Gasteiger partial charge is 0.459 e. The summed E-state index contributed by atoms with van der Waals surface area (Å²) in [6.45, 7) is 4.31. The molecule has 0 unspecified atom stereocenters. The summed E-state index contributed by atoms with van der Waals surface area (Å²) >= 11 is 0. The standard InChI is InChI=1S/C20H20N6O3/c27-20(17-2-1-7-29-17)24-16-11-21-25-18(16)19-22-14-4-3-13(10-15(14)23-19)12-26-5-8-28-9-6-26/h1-4,7,10-11H,5-6,8-9,12H2,(H,21,25)(H,22,23)(H,24,27). The fourth-order valence-corrected chi connectivity index (χ4v) is 3.44. The molecule has 3 aromatic heterocycles. The van der Waals surface area contributed by atoms with Gasteiger partial charge in [-0.3, -0.25) is 14.8 Å². The van der Waals surface area contributed by atoms with E-state index in [0.29, 0.717) is 17.2 Å². The van der Waals surface area contributed by atoms with Crippen LogP contribution in [0.1, 0.15) is 16.1 Å². The van der Waals surface area contributed by atoms with Gasteiger partial charge in [-0.05, 0) is 29.8 Å². The van der Waals surface area contributed by atoms with Gasteiger partial charge in [0.25, 0.3) is 5.91 Å². The zero-order valence-electron chi connectivity index (χ0n) is 15.6. The van der Waals surface area contributed by atoms with E-state index in [0.717, 1.165) is 43.9 Å². The molecule has 0 spiro atoms.